The Morgan fingerprint density at radius 2 is 1.42 bits per heavy atom. The van der Waals surface area contributed by atoms with Crippen LogP contribution in [-0.4, -0.2) is 75.2 Å². The van der Waals surface area contributed by atoms with Crippen molar-refractivity contribution in [3.8, 4) is 22.5 Å². The highest BCUT2D eigenvalue weighted by molar-refractivity contribution is 6.01. The van der Waals surface area contributed by atoms with E-state index < -0.39 is 17.7 Å². The Labute approximate surface area is 420 Å². The van der Waals surface area contributed by atoms with E-state index in [1.807, 2.05) is 80.1 Å². The van der Waals surface area contributed by atoms with Gasteiger partial charge in [0.2, 0.25) is 17.7 Å². The number of para-hydroxylation sites is 1. The highest BCUT2D eigenvalue weighted by Crippen LogP contribution is 2.41. The molecule has 1 aliphatic heterocycles. The molecule has 1 atom stereocenters. The standard InChI is InChI=1S/C55H77N9O7/c1-53(2,3)29-28-45(65)43(56)21-14-16-30-57-47(67)26-27-48(68)63-35-38-18-10-11-19-40(38)50-49(42-20-12-13-22-44(42)63)61-62-64(50)31-17-15-23-46(66)58-33-37-24-25-41(51(69)60-36-54(4,5)6)39(32-37)34-59-52(70)71-55(7,8)9/h10-13,18-20,22,24-25,32,43H,14-17,21,23,26-31,33-36,56H2,1-9H3,(H,57,67)(H,58,66)(H,59,70)(H,60,69)/t43-/m0/s1. The maximum absolute atomic E-state index is 14.0. The van der Waals surface area contributed by atoms with Crippen molar-refractivity contribution in [2.24, 2.45) is 16.6 Å². The summed E-state index contributed by atoms with van der Waals surface area (Å²) in [6, 6.07) is 20.3. The lowest BCUT2D eigenvalue weighted by atomic mass is 9.88. The van der Waals surface area contributed by atoms with E-state index >= 15 is 0 Å². The van der Waals surface area contributed by atoms with Gasteiger partial charge in [0.15, 0.2) is 0 Å². The molecule has 0 saturated carbocycles. The molecule has 384 valence electrons. The summed E-state index contributed by atoms with van der Waals surface area (Å²) in [7, 11) is 0. The van der Waals surface area contributed by atoms with Crippen molar-refractivity contribution in [1.29, 1.82) is 0 Å². The molecule has 0 saturated heterocycles. The molecule has 0 fully saturated rings. The largest absolute Gasteiger partial charge is 0.444 e. The van der Waals surface area contributed by atoms with Crippen molar-refractivity contribution in [1.82, 2.24) is 36.3 Å². The molecule has 0 unspecified atom stereocenters. The molecule has 0 radical (unpaired) electrons. The normalized spacial score (nSPS) is 12.8. The Morgan fingerprint density at radius 3 is 2.14 bits per heavy atom. The summed E-state index contributed by atoms with van der Waals surface area (Å²) in [4.78, 5) is 79.9. The number of hydrogen-bond acceptors (Lipinski definition) is 10. The number of ether oxygens (including phenoxy) is 1. The molecule has 71 heavy (non-hydrogen) atoms. The number of benzene rings is 3. The molecule has 2 heterocycles. The Kier molecular flexibility index (Phi) is 19.6. The van der Waals surface area contributed by atoms with Gasteiger partial charge < -0.3 is 36.6 Å². The van der Waals surface area contributed by atoms with E-state index in [2.05, 4.69) is 52.4 Å². The van der Waals surface area contributed by atoms with Crippen molar-refractivity contribution < 1.29 is 33.5 Å². The number of fused-ring (bicyclic) bond motifs is 5. The van der Waals surface area contributed by atoms with Gasteiger partial charge in [0, 0.05) is 75.1 Å². The number of rotatable bonds is 22. The second kappa shape index (κ2) is 25.1. The molecular weight excluding hydrogens is 899 g/mol. The van der Waals surface area contributed by atoms with Crippen LogP contribution in [0.25, 0.3) is 22.5 Å². The number of amides is 5. The zero-order chi connectivity index (χ0) is 51.9. The van der Waals surface area contributed by atoms with Gasteiger partial charge in [0.05, 0.1) is 24.0 Å². The maximum Gasteiger partial charge on any atom is 0.407 e. The summed E-state index contributed by atoms with van der Waals surface area (Å²) in [6.45, 7) is 19.7. The van der Waals surface area contributed by atoms with Crippen LogP contribution in [0.1, 0.15) is 154 Å². The monoisotopic (exact) mass is 976 g/mol. The van der Waals surface area contributed by atoms with Crippen molar-refractivity contribution in [2.75, 3.05) is 18.0 Å². The fraction of sp³-hybridized carbons (Fsp3) is 0.527. The van der Waals surface area contributed by atoms with Crippen LogP contribution in [0, 0.1) is 10.8 Å². The van der Waals surface area contributed by atoms with Crippen molar-refractivity contribution in [3.63, 3.8) is 0 Å². The van der Waals surface area contributed by atoms with Gasteiger partial charge in [-0.15, -0.1) is 5.10 Å². The Bertz CT molecular complexity index is 2500. The van der Waals surface area contributed by atoms with Crippen LogP contribution in [0.2, 0.25) is 0 Å². The smallest absolute Gasteiger partial charge is 0.407 e. The van der Waals surface area contributed by atoms with Gasteiger partial charge in [0.1, 0.15) is 17.1 Å². The third-order valence-corrected chi connectivity index (χ3v) is 12.0. The van der Waals surface area contributed by atoms with Gasteiger partial charge in [-0.05, 0) is 98.9 Å². The van der Waals surface area contributed by atoms with Crippen LogP contribution < -0.4 is 31.9 Å². The number of aryl methyl sites for hydroxylation is 1. The maximum atomic E-state index is 14.0. The van der Waals surface area contributed by atoms with E-state index in [1.54, 1.807) is 37.8 Å². The topological polar surface area (TPSA) is 220 Å². The van der Waals surface area contributed by atoms with E-state index in [0.717, 1.165) is 40.8 Å². The summed E-state index contributed by atoms with van der Waals surface area (Å²) in [6.07, 6.45) is 4.20. The summed E-state index contributed by atoms with van der Waals surface area (Å²) < 4.78 is 7.28. The lowest BCUT2D eigenvalue weighted by Crippen LogP contribution is -2.35. The van der Waals surface area contributed by atoms with Gasteiger partial charge in [-0.2, -0.15) is 0 Å². The molecule has 3 aromatic carbocycles. The second-order valence-corrected chi connectivity index (χ2v) is 22.0. The van der Waals surface area contributed by atoms with Crippen LogP contribution in [0.4, 0.5) is 10.5 Å². The van der Waals surface area contributed by atoms with Gasteiger partial charge in [0.25, 0.3) is 5.91 Å². The van der Waals surface area contributed by atoms with Crippen LogP contribution in [0.5, 0.6) is 0 Å². The molecule has 5 rings (SSSR count). The average Bonchev–Trinajstić information content (AvgIpc) is 3.72. The highest BCUT2D eigenvalue weighted by atomic mass is 16.6. The summed E-state index contributed by atoms with van der Waals surface area (Å²) >= 11 is 0. The SMILES string of the molecule is CC(C)(C)CCC(=O)[C@@H](N)CCCCNC(=O)CCC(=O)N1Cc2ccccc2-c2c(nnn2CCCCC(=O)NCc2ccc(C(=O)NCC(C)(C)C)c(CNC(=O)OC(C)(C)C)c2)-c2ccccc21. The van der Waals surface area contributed by atoms with Crippen molar-refractivity contribution in [2.45, 2.75) is 164 Å². The highest BCUT2D eigenvalue weighted by Gasteiger charge is 2.29. The lowest BCUT2D eigenvalue weighted by Gasteiger charge is -2.28. The molecule has 16 heteroatoms. The minimum Gasteiger partial charge on any atom is -0.444 e. The molecular formula is C55H77N9O7. The second-order valence-electron chi connectivity index (χ2n) is 22.0. The van der Waals surface area contributed by atoms with Gasteiger partial charge in [-0.1, -0.05) is 101 Å². The zero-order valence-corrected chi connectivity index (χ0v) is 43.5. The summed E-state index contributed by atoms with van der Waals surface area (Å²) in [5, 5.41) is 20.9. The minimum atomic E-state index is -0.681. The van der Waals surface area contributed by atoms with Gasteiger partial charge >= 0.3 is 6.09 Å². The fourth-order valence-corrected chi connectivity index (χ4v) is 8.08. The molecule has 16 nitrogen and oxygen atoms in total. The summed E-state index contributed by atoms with van der Waals surface area (Å²) in [5.41, 5.74) is 11.9. The van der Waals surface area contributed by atoms with E-state index in [1.165, 1.54) is 0 Å². The molecule has 5 amide bonds. The van der Waals surface area contributed by atoms with Crippen LogP contribution in [0.15, 0.2) is 66.7 Å². The fourth-order valence-electron chi connectivity index (χ4n) is 8.08. The number of carbonyl (C=O) groups is 6. The number of Topliss-reactive ketones (excluding diaryl/α,β-unsaturated/α-hetero) is 1. The zero-order valence-electron chi connectivity index (χ0n) is 43.5. The number of anilines is 1. The molecule has 4 aromatic rings. The number of hydrogen-bond donors (Lipinski definition) is 5. The number of carbonyl (C=O) groups excluding carboxylic acids is 6. The first-order valence-electron chi connectivity index (χ1n) is 25.1. The van der Waals surface area contributed by atoms with E-state index in [4.69, 9.17) is 10.5 Å². The van der Waals surface area contributed by atoms with Gasteiger partial charge in [-0.3, -0.25) is 24.0 Å². The van der Waals surface area contributed by atoms with Crippen LogP contribution in [0.3, 0.4) is 0 Å². The number of unbranched alkanes of at least 4 members (excludes halogenated alkanes) is 2. The van der Waals surface area contributed by atoms with Gasteiger partial charge in [-0.25, -0.2) is 9.48 Å². The third-order valence-electron chi connectivity index (χ3n) is 12.0. The summed E-state index contributed by atoms with van der Waals surface area (Å²) in [5.74, 6) is -0.705. The Balaban J connectivity index is 1.16. The van der Waals surface area contributed by atoms with E-state index in [-0.39, 0.29) is 79.1 Å². The van der Waals surface area contributed by atoms with Crippen LogP contribution >= 0.6 is 0 Å². The van der Waals surface area contributed by atoms with Crippen molar-refractivity contribution in [3.05, 3.63) is 89.0 Å². The minimum absolute atomic E-state index is 0.0137. The molecule has 6 N–H and O–H groups in total. The predicted molar refractivity (Wildman–Crippen MR) is 277 cm³/mol. The Morgan fingerprint density at radius 1 is 0.718 bits per heavy atom. The number of nitrogens with one attached hydrogen (secondary N) is 4. The third kappa shape index (κ3) is 17.7. The molecule has 0 bridgehead atoms. The molecule has 1 aliphatic rings. The Hall–Kier alpha value is -6.42. The number of nitrogens with two attached hydrogens (primary N) is 1. The lowest BCUT2D eigenvalue weighted by molar-refractivity contribution is -0.125. The molecule has 0 spiro atoms. The quantitative estimate of drug-likeness (QED) is 0.0473. The van der Waals surface area contributed by atoms with Crippen LogP contribution in [-0.2, 0) is 50.1 Å². The van der Waals surface area contributed by atoms with E-state index in [0.29, 0.717) is 74.2 Å². The number of alkyl carbamates (subject to hydrolysis) is 1. The van der Waals surface area contributed by atoms with E-state index in [9.17, 15) is 28.8 Å². The number of nitrogens with zero attached hydrogens (tertiary/aromatic N) is 4. The first-order valence-corrected chi connectivity index (χ1v) is 25.1. The van der Waals surface area contributed by atoms with Crippen molar-refractivity contribution >= 4 is 41.2 Å². The number of aromatic nitrogens is 3. The average molecular weight is 976 g/mol. The number of ketones is 1. The molecule has 1 aromatic heterocycles. The molecule has 0 aliphatic carbocycles. The first-order chi connectivity index (χ1) is 33.5. The first kappa shape index (κ1) is 55.5. The predicted octanol–water partition coefficient (Wildman–Crippen LogP) is 8.54.